The molecule has 230 valence electrons. The summed E-state index contributed by atoms with van der Waals surface area (Å²) >= 11 is 6.45. The second kappa shape index (κ2) is 12.2. The zero-order valence-corrected chi connectivity index (χ0v) is 25.5. The number of carbonyl (C=O) groups is 3. The quantitative estimate of drug-likeness (QED) is 0.228. The minimum absolute atomic E-state index is 0.00192. The number of fused-ring (bicyclic) bond motifs is 5. The minimum Gasteiger partial charge on any atom is -0.458 e. The summed E-state index contributed by atoms with van der Waals surface area (Å²) in [6, 6.07) is 3.48. The first-order valence-electron chi connectivity index (χ1n) is 14.0. The Balaban J connectivity index is 1.75. The minimum atomic E-state index is -1.77. The highest BCUT2D eigenvalue weighted by molar-refractivity contribution is 6.36. The lowest BCUT2D eigenvalue weighted by Gasteiger charge is -2.42. The average molecular weight is 606 g/mol. The number of amides is 2. The average Bonchev–Trinajstić information content (AvgIpc) is 3.59. The lowest BCUT2D eigenvalue weighted by molar-refractivity contribution is -0.157. The Kier molecular flexibility index (Phi) is 9.27. The summed E-state index contributed by atoms with van der Waals surface area (Å²) in [4.78, 5) is 38.6. The zero-order chi connectivity index (χ0) is 31.0. The van der Waals surface area contributed by atoms with Crippen molar-refractivity contribution in [2.75, 3.05) is 18.2 Å². The summed E-state index contributed by atoms with van der Waals surface area (Å²) in [7, 11) is 1.44. The van der Waals surface area contributed by atoms with Crippen LogP contribution in [0.2, 0.25) is 5.02 Å². The number of nitrogens with two attached hydrogens (primary N) is 1. The van der Waals surface area contributed by atoms with Gasteiger partial charge < -0.3 is 35.1 Å². The largest absolute Gasteiger partial charge is 0.458 e. The van der Waals surface area contributed by atoms with Gasteiger partial charge in [-0.3, -0.25) is 14.9 Å². The number of hydrogen-bond donors (Lipinski definition) is 4. The maximum Gasteiger partial charge on any atom is 0.409 e. The van der Waals surface area contributed by atoms with Crippen LogP contribution in [0.4, 0.5) is 16.2 Å². The molecule has 11 nitrogen and oxygen atoms in total. The number of esters is 1. The number of carbonyl (C=O) groups excluding carboxylic acids is 3. The molecule has 2 amide bonds. The van der Waals surface area contributed by atoms with Crippen molar-refractivity contribution in [3.05, 3.63) is 46.5 Å². The highest BCUT2D eigenvalue weighted by atomic mass is 35.5. The molecular weight excluding hydrogens is 566 g/mol. The maximum absolute atomic E-state index is 13.3. The summed E-state index contributed by atoms with van der Waals surface area (Å²) in [5.74, 6) is -1.81. The zero-order valence-electron chi connectivity index (χ0n) is 24.7. The number of halogens is 1. The van der Waals surface area contributed by atoms with Gasteiger partial charge in [0.05, 0.1) is 34.8 Å². The van der Waals surface area contributed by atoms with E-state index in [2.05, 4.69) is 10.6 Å². The Hall–Kier alpha value is -3.12. The Morgan fingerprint density at radius 3 is 2.67 bits per heavy atom. The van der Waals surface area contributed by atoms with Crippen LogP contribution in [0.5, 0.6) is 0 Å². The van der Waals surface area contributed by atoms with Crippen LogP contribution in [-0.4, -0.2) is 65.9 Å². The van der Waals surface area contributed by atoms with Crippen molar-refractivity contribution in [1.29, 1.82) is 0 Å². The summed E-state index contributed by atoms with van der Waals surface area (Å²) in [5, 5.41) is 17.0. The lowest BCUT2D eigenvalue weighted by Crippen LogP contribution is -2.63. The first-order chi connectivity index (χ1) is 19.7. The van der Waals surface area contributed by atoms with Gasteiger partial charge in [-0.25, -0.2) is 4.79 Å². The summed E-state index contributed by atoms with van der Waals surface area (Å²) in [6.07, 6.45) is 1.56. The number of allylic oxidation sites excluding steroid dienone is 3. The number of aliphatic hydroxyl groups is 1. The molecule has 3 aliphatic heterocycles. The van der Waals surface area contributed by atoms with Crippen molar-refractivity contribution in [2.45, 2.75) is 89.6 Å². The van der Waals surface area contributed by atoms with E-state index in [1.54, 1.807) is 45.1 Å². The van der Waals surface area contributed by atoms with Gasteiger partial charge in [-0.15, -0.1) is 0 Å². The molecule has 2 fully saturated rings. The molecule has 12 heteroatoms. The van der Waals surface area contributed by atoms with Gasteiger partial charge in [0.25, 0.3) is 0 Å². The fraction of sp³-hybridized carbons (Fsp3) is 0.567. The SMILES string of the molecule is CO[C@@H]1/C=C/C=C(\C)Cc2cc(N)c(Cl)c(c2)NC(=O)C[C@H](OC(=O)C(C)C)[C@]2(C)O[C@H]2[C@H](C)[C@@H]2C[C@@]1(O)NC(=O)O2. The number of alkyl carbamates (subject to hydrolysis) is 1. The summed E-state index contributed by atoms with van der Waals surface area (Å²) < 4.78 is 23.0. The molecule has 4 bridgehead atoms. The van der Waals surface area contributed by atoms with E-state index in [0.29, 0.717) is 17.8 Å². The van der Waals surface area contributed by atoms with Gasteiger partial charge in [0.15, 0.2) is 5.72 Å². The van der Waals surface area contributed by atoms with E-state index in [-0.39, 0.29) is 17.9 Å². The molecule has 3 heterocycles. The molecule has 0 saturated carbocycles. The van der Waals surface area contributed by atoms with Crippen molar-refractivity contribution in [3.8, 4) is 0 Å². The van der Waals surface area contributed by atoms with Crippen molar-refractivity contribution in [1.82, 2.24) is 5.32 Å². The van der Waals surface area contributed by atoms with Crippen LogP contribution in [0.1, 0.15) is 53.0 Å². The van der Waals surface area contributed by atoms with E-state index < -0.39 is 65.5 Å². The molecule has 4 rings (SSSR count). The number of ether oxygens (including phenoxy) is 4. The highest BCUT2D eigenvalue weighted by Gasteiger charge is 2.64. The van der Waals surface area contributed by atoms with Gasteiger partial charge in [-0.1, -0.05) is 56.2 Å². The van der Waals surface area contributed by atoms with Crippen molar-refractivity contribution < 1.29 is 38.4 Å². The van der Waals surface area contributed by atoms with Gasteiger partial charge >= 0.3 is 12.1 Å². The van der Waals surface area contributed by atoms with Crippen LogP contribution < -0.4 is 16.4 Å². The number of anilines is 2. The molecule has 3 aliphatic rings. The number of methoxy groups -OCH3 is 1. The fourth-order valence-corrected chi connectivity index (χ4v) is 5.75. The van der Waals surface area contributed by atoms with E-state index in [1.807, 2.05) is 19.9 Å². The van der Waals surface area contributed by atoms with E-state index in [9.17, 15) is 19.5 Å². The number of nitrogen functional groups attached to an aromatic ring is 1. The van der Waals surface area contributed by atoms with Crippen LogP contribution in [-0.2, 0) is 35.0 Å². The molecule has 0 aliphatic carbocycles. The molecule has 7 atom stereocenters. The standard InChI is InChI=1S/C30H40ClN3O8/c1-15(2)27(36)41-23-13-24(35)33-20-12-18(11-19(32)25(20)31)10-16(3)8-7-9-22(39-6)30(38)14-21(40-28(37)34-30)17(4)26-29(23,5)42-26/h7-9,11-12,15,17,21-23,26,38H,10,13-14,32H2,1-6H3,(H,33,35)(H,34,37)/b9-7+,16-8+/t17-,21+,22-,23+,26+,29+,30+/m1/s1. The number of nitrogens with one attached hydrogen (secondary N) is 2. The molecule has 1 aromatic carbocycles. The summed E-state index contributed by atoms with van der Waals surface area (Å²) in [5.41, 5.74) is 5.73. The second-order valence-corrected chi connectivity index (χ2v) is 12.3. The fourth-order valence-electron chi connectivity index (χ4n) is 5.59. The van der Waals surface area contributed by atoms with E-state index in [1.165, 1.54) is 7.11 Å². The van der Waals surface area contributed by atoms with Crippen LogP contribution in [0.25, 0.3) is 0 Å². The van der Waals surface area contributed by atoms with Gasteiger partial charge in [0.1, 0.15) is 23.9 Å². The van der Waals surface area contributed by atoms with Gasteiger partial charge in [-0.05, 0) is 38.0 Å². The van der Waals surface area contributed by atoms with Crippen LogP contribution in [0, 0.1) is 11.8 Å². The number of benzene rings is 1. The Labute approximate surface area is 250 Å². The third-order valence-corrected chi connectivity index (χ3v) is 8.51. The molecule has 0 spiro atoms. The number of epoxide rings is 1. The third kappa shape index (κ3) is 6.75. The van der Waals surface area contributed by atoms with Crippen LogP contribution in [0.3, 0.4) is 0 Å². The predicted octanol–water partition coefficient (Wildman–Crippen LogP) is 3.87. The second-order valence-electron chi connectivity index (χ2n) is 11.9. The third-order valence-electron chi connectivity index (χ3n) is 8.09. The normalized spacial score (nSPS) is 35.5. The van der Waals surface area contributed by atoms with E-state index >= 15 is 0 Å². The van der Waals surface area contributed by atoms with E-state index in [0.717, 1.165) is 11.1 Å². The van der Waals surface area contributed by atoms with Crippen molar-refractivity contribution in [2.24, 2.45) is 11.8 Å². The van der Waals surface area contributed by atoms with Crippen molar-refractivity contribution in [3.63, 3.8) is 0 Å². The Morgan fingerprint density at radius 1 is 1.29 bits per heavy atom. The van der Waals surface area contributed by atoms with Crippen LogP contribution in [0.15, 0.2) is 35.9 Å². The molecule has 2 saturated heterocycles. The number of rotatable bonds is 3. The van der Waals surface area contributed by atoms with Gasteiger partial charge in [0, 0.05) is 19.4 Å². The topological polar surface area (TPSA) is 162 Å². The first kappa shape index (κ1) is 31.8. The predicted molar refractivity (Wildman–Crippen MR) is 157 cm³/mol. The molecular formula is C30H40ClN3O8. The maximum atomic E-state index is 13.3. The molecule has 5 N–H and O–H groups in total. The molecule has 0 aromatic heterocycles. The molecule has 1 aromatic rings. The molecule has 42 heavy (non-hydrogen) atoms. The Morgan fingerprint density at radius 2 is 2.00 bits per heavy atom. The highest BCUT2D eigenvalue weighted by Crippen LogP contribution is 2.49. The molecule has 0 radical (unpaired) electrons. The van der Waals surface area contributed by atoms with Crippen molar-refractivity contribution >= 4 is 40.9 Å². The van der Waals surface area contributed by atoms with E-state index in [4.69, 9.17) is 36.3 Å². The van der Waals surface area contributed by atoms with Gasteiger partial charge in [0.2, 0.25) is 5.91 Å². The smallest absolute Gasteiger partial charge is 0.409 e. The number of hydrogen-bond acceptors (Lipinski definition) is 9. The van der Waals surface area contributed by atoms with Gasteiger partial charge in [-0.2, -0.15) is 0 Å². The molecule has 0 unspecified atom stereocenters. The first-order valence-corrected chi connectivity index (χ1v) is 14.4. The summed E-state index contributed by atoms with van der Waals surface area (Å²) in [6.45, 7) is 8.88. The van der Waals surface area contributed by atoms with Crippen LogP contribution >= 0.6 is 11.6 Å². The lowest BCUT2D eigenvalue weighted by atomic mass is 9.83. The monoisotopic (exact) mass is 605 g/mol. The Bertz CT molecular complexity index is 1300.